The van der Waals surface area contributed by atoms with E-state index in [2.05, 4.69) is 4.98 Å². The lowest BCUT2D eigenvalue weighted by atomic mass is 10.1. The summed E-state index contributed by atoms with van der Waals surface area (Å²) >= 11 is 5.61. The molecule has 1 aromatic rings. The molecule has 1 N–H and O–H groups in total. The van der Waals surface area contributed by atoms with Crippen LogP contribution in [0.15, 0.2) is 6.20 Å². The van der Waals surface area contributed by atoms with E-state index in [0.29, 0.717) is 11.6 Å². The second kappa shape index (κ2) is 3.09. The monoisotopic (exact) mass is 171 g/mol. The van der Waals surface area contributed by atoms with Crippen molar-refractivity contribution < 1.29 is 5.11 Å². The van der Waals surface area contributed by atoms with Crippen molar-refractivity contribution in [2.75, 3.05) is 0 Å². The van der Waals surface area contributed by atoms with E-state index in [1.165, 1.54) is 0 Å². The Morgan fingerprint density at radius 2 is 2.18 bits per heavy atom. The summed E-state index contributed by atoms with van der Waals surface area (Å²) in [6.07, 6.45) is 1.69. The fourth-order valence-corrected chi connectivity index (χ4v) is 1.16. The summed E-state index contributed by atoms with van der Waals surface area (Å²) in [5.74, 6) is 0.648. The lowest BCUT2D eigenvalue weighted by molar-refractivity contribution is 0.462. The minimum absolute atomic E-state index is 0.253. The molecule has 60 valence electrons. The summed E-state index contributed by atoms with van der Waals surface area (Å²) < 4.78 is 0. The van der Waals surface area contributed by atoms with E-state index in [0.717, 1.165) is 11.1 Å². The van der Waals surface area contributed by atoms with Gasteiger partial charge in [-0.3, -0.25) is 4.98 Å². The van der Waals surface area contributed by atoms with E-state index in [-0.39, 0.29) is 5.75 Å². The van der Waals surface area contributed by atoms with Gasteiger partial charge in [0, 0.05) is 12.1 Å². The summed E-state index contributed by atoms with van der Waals surface area (Å²) in [5.41, 5.74) is 2.36. The molecule has 0 atom stereocenters. The van der Waals surface area contributed by atoms with Gasteiger partial charge in [-0.2, -0.15) is 0 Å². The molecule has 0 bridgehead atoms. The molecule has 1 rings (SSSR count). The zero-order chi connectivity index (χ0) is 8.43. The molecule has 0 aromatic carbocycles. The highest BCUT2D eigenvalue weighted by molar-refractivity contribution is 6.17. The lowest BCUT2D eigenvalue weighted by Gasteiger charge is -2.05. The van der Waals surface area contributed by atoms with E-state index in [1.807, 2.05) is 6.92 Å². The van der Waals surface area contributed by atoms with Gasteiger partial charge in [0.2, 0.25) is 0 Å². The van der Waals surface area contributed by atoms with Crippen molar-refractivity contribution in [3.05, 3.63) is 23.0 Å². The third kappa shape index (κ3) is 1.46. The van der Waals surface area contributed by atoms with Crippen LogP contribution in [0, 0.1) is 13.8 Å². The fraction of sp³-hybridized carbons (Fsp3) is 0.375. The molecule has 0 aliphatic heterocycles. The Morgan fingerprint density at radius 1 is 1.55 bits per heavy atom. The maximum atomic E-state index is 9.40. The molecule has 11 heavy (non-hydrogen) atoms. The van der Waals surface area contributed by atoms with Crippen molar-refractivity contribution in [1.82, 2.24) is 4.98 Å². The number of aromatic hydroxyl groups is 1. The third-order valence-corrected chi connectivity index (χ3v) is 2.03. The van der Waals surface area contributed by atoms with Crippen LogP contribution in [0.25, 0.3) is 0 Å². The Balaban J connectivity index is 3.25. The van der Waals surface area contributed by atoms with Gasteiger partial charge in [0.05, 0.1) is 5.69 Å². The normalized spacial score (nSPS) is 10.1. The predicted octanol–water partition coefficient (Wildman–Crippen LogP) is 2.14. The summed E-state index contributed by atoms with van der Waals surface area (Å²) in [6.45, 7) is 3.60. The van der Waals surface area contributed by atoms with Crippen LogP contribution in [0.2, 0.25) is 0 Å². The lowest BCUT2D eigenvalue weighted by Crippen LogP contribution is -1.91. The summed E-state index contributed by atoms with van der Waals surface area (Å²) in [5, 5.41) is 9.40. The van der Waals surface area contributed by atoms with Crippen molar-refractivity contribution in [3.63, 3.8) is 0 Å². The van der Waals surface area contributed by atoms with E-state index in [4.69, 9.17) is 11.6 Å². The van der Waals surface area contributed by atoms with Gasteiger partial charge in [0.25, 0.3) is 0 Å². The van der Waals surface area contributed by atoms with Crippen LogP contribution in [-0.4, -0.2) is 10.1 Å². The smallest absolute Gasteiger partial charge is 0.139 e. The van der Waals surface area contributed by atoms with Gasteiger partial charge in [-0.25, -0.2) is 0 Å². The molecule has 0 amide bonds. The Kier molecular flexibility index (Phi) is 2.35. The molecule has 0 radical (unpaired) electrons. The highest BCUT2D eigenvalue weighted by atomic mass is 35.5. The molecule has 2 nitrogen and oxygen atoms in total. The van der Waals surface area contributed by atoms with E-state index >= 15 is 0 Å². The van der Waals surface area contributed by atoms with E-state index < -0.39 is 0 Å². The largest absolute Gasteiger partial charge is 0.506 e. The van der Waals surface area contributed by atoms with E-state index in [1.54, 1.807) is 13.1 Å². The average molecular weight is 172 g/mol. The Bertz CT molecular complexity index is 273. The molecule has 0 spiro atoms. The van der Waals surface area contributed by atoms with Crippen LogP contribution < -0.4 is 0 Å². The minimum Gasteiger partial charge on any atom is -0.506 e. The Labute approximate surface area is 70.8 Å². The second-order valence-corrected chi connectivity index (χ2v) is 2.74. The quantitative estimate of drug-likeness (QED) is 0.657. The first-order valence-corrected chi connectivity index (χ1v) is 3.90. The van der Waals surface area contributed by atoms with Crippen LogP contribution in [0.5, 0.6) is 5.75 Å². The zero-order valence-corrected chi connectivity index (χ0v) is 7.31. The predicted molar refractivity (Wildman–Crippen MR) is 44.9 cm³/mol. The van der Waals surface area contributed by atoms with Gasteiger partial charge in [-0.1, -0.05) is 0 Å². The van der Waals surface area contributed by atoms with Gasteiger partial charge >= 0.3 is 0 Å². The maximum absolute atomic E-state index is 9.40. The molecule has 0 saturated carbocycles. The minimum atomic E-state index is 0.253. The van der Waals surface area contributed by atoms with Gasteiger partial charge in [0.1, 0.15) is 5.75 Å². The standard InChI is InChI=1S/C8H10ClNO/c1-5-7(3-9)4-10-6(2)8(5)11/h4,11H,3H2,1-2H3. The highest BCUT2D eigenvalue weighted by Gasteiger charge is 2.05. The number of aryl methyl sites for hydroxylation is 1. The van der Waals surface area contributed by atoms with Crippen molar-refractivity contribution in [2.45, 2.75) is 19.7 Å². The molecule has 0 aliphatic rings. The number of alkyl halides is 1. The summed E-state index contributed by atoms with van der Waals surface area (Å²) in [7, 11) is 0. The first-order chi connectivity index (χ1) is 5.16. The topological polar surface area (TPSA) is 33.1 Å². The van der Waals surface area contributed by atoms with Crippen LogP contribution in [0.3, 0.4) is 0 Å². The average Bonchev–Trinajstić information content (AvgIpc) is 2.01. The molecule has 1 aromatic heterocycles. The zero-order valence-electron chi connectivity index (χ0n) is 6.56. The highest BCUT2D eigenvalue weighted by Crippen LogP contribution is 2.22. The van der Waals surface area contributed by atoms with Crippen molar-refractivity contribution in [1.29, 1.82) is 0 Å². The molecule has 1 heterocycles. The van der Waals surface area contributed by atoms with Crippen LogP contribution in [0.1, 0.15) is 16.8 Å². The Morgan fingerprint density at radius 3 is 2.73 bits per heavy atom. The number of halogens is 1. The van der Waals surface area contributed by atoms with Crippen molar-refractivity contribution in [3.8, 4) is 5.75 Å². The first kappa shape index (κ1) is 8.34. The molecular weight excluding hydrogens is 162 g/mol. The van der Waals surface area contributed by atoms with Crippen molar-refractivity contribution >= 4 is 11.6 Å². The number of aromatic nitrogens is 1. The van der Waals surface area contributed by atoms with Crippen LogP contribution >= 0.6 is 11.6 Å². The Hall–Kier alpha value is -0.760. The number of nitrogens with zero attached hydrogens (tertiary/aromatic N) is 1. The van der Waals surface area contributed by atoms with Gasteiger partial charge in [0.15, 0.2) is 0 Å². The van der Waals surface area contributed by atoms with Gasteiger partial charge in [-0.05, 0) is 25.0 Å². The van der Waals surface area contributed by atoms with Gasteiger partial charge in [-0.15, -0.1) is 11.6 Å². The van der Waals surface area contributed by atoms with E-state index in [9.17, 15) is 5.11 Å². The van der Waals surface area contributed by atoms with Crippen molar-refractivity contribution in [2.24, 2.45) is 0 Å². The summed E-state index contributed by atoms with van der Waals surface area (Å²) in [4.78, 5) is 3.98. The molecule has 0 aliphatic carbocycles. The molecule has 0 unspecified atom stereocenters. The SMILES string of the molecule is Cc1ncc(CCl)c(C)c1O. The molecule has 3 heteroatoms. The fourth-order valence-electron chi connectivity index (χ4n) is 0.891. The third-order valence-electron chi connectivity index (χ3n) is 1.74. The number of hydrogen-bond acceptors (Lipinski definition) is 2. The number of pyridine rings is 1. The second-order valence-electron chi connectivity index (χ2n) is 2.48. The number of rotatable bonds is 1. The van der Waals surface area contributed by atoms with Gasteiger partial charge < -0.3 is 5.11 Å². The summed E-state index contributed by atoms with van der Waals surface area (Å²) in [6, 6.07) is 0. The first-order valence-electron chi connectivity index (χ1n) is 3.36. The number of hydrogen-bond donors (Lipinski definition) is 1. The maximum Gasteiger partial charge on any atom is 0.139 e. The molecule has 0 saturated heterocycles. The van der Waals surface area contributed by atoms with Crippen LogP contribution in [0.4, 0.5) is 0 Å². The molecular formula is C8H10ClNO. The molecule has 0 fully saturated rings. The van der Waals surface area contributed by atoms with Crippen LogP contribution in [-0.2, 0) is 5.88 Å².